The van der Waals surface area contributed by atoms with Crippen molar-refractivity contribution in [1.82, 2.24) is 15.1 Å². The first-order valence-corrected chi connectivity index (χ1v) is 10.6. The average Bonchev–Trinajstić information content (AvgIpc) is 3.23. The maximum absolute atomic E-state index is 12.5. The van der Waals surface area contributed by atoms with Crippen LogP contribution in [0.5, 0.6) is 0 Å². The molecule has 1 aromatic carbocycles. The predicted octanol–water partition coefficient (Wildman–Crippen LogP) is 2.31. The molecule has 1 unspecified atom stereocenters. The summed E-state index contributed by atoms with van der Waals surface area (Å²) in [6, 6.07) is 6.61. The third kappa shape index (κ3) is 5.24. The molecule has 0 saturated heterocycles. The number of aryl methyl sites for hydroxylation is 1. The molecular formula is C23H30N4O5. The van der Waals surface area contributed by atoms with Crippen LogP contribution in [-0.4, -0.2) is 38.0 Å². The molecule has 3 rings (SSSR count). The summed E-state index contributed by atoms with van der Waals surface area (Å²) < 4.78 is 1.67. The molecule has 1 aromatic heterocycles. The number of allylic oxidation sites excluding steroid dienone is 1. The zero-order valence-electron chi connectivity index (χ0n) is 18.8. The summed E-state index contributed by atoms with van der Waals surface area (Å²) in [6.07, 6.45) is 4.72. The Labute approximate surface area is 186 Å². The van der Waals surface area contributed by atoms with E-state index in [1.807, 2.05) is 26.0 Å². The Morgan fingerprint density at radius 3 is 2.59 bits per heavy atom. The molecular weight excluding hydrogens is 412 g/mol. The van der Waals surface area contributed by atoms with Gasteiger partial charge in [0.2, 0.25) is 5.91 Å². The van der Waals surface area contributed by atoms with E-state index in [1.165, 1.54) is 0 Å². The van der Waals surface area contributed by atoms with E-state index in [1.54, 1.807) is 42.8 Å². The summed E-state index contributed by atoms with van der Waals surface area (Å²) in [5.41, 5.74) is 2.76. The molecule has 0 bridgehead atoms. The number of benzene rings is 1. The Morgan fingerprint density at radius 1 is 1.25 bits per heavy atom. The first-order chi connectivity index (χ1) is 15.0. The fraction of sp³-hybridized carbons (Fsp3) is 0.435. The van der Waals surface area contributed by atoms with Gasteiger partial charge in [0.05, 0.1) is 12.1 Å². The van der Waals surface area contributed by atoms with Crippen LogP contribution < -0.4 is 10.5 Å². The van der Waals surface area contributed by atoms with Crippen molar-refractivity contribution in [1.29, 1.82) is 0 Å². The lowest BCUT2D eigenvalue weighted by Crippen LogP contribution is -2.99. The molecule has 0 aliphatic heterocycles. The molecule has 172 valence electrons. The number of hydrogen-bond acceptors (Lipinski definition) is 5. The number of hydrogen-bond donors (Lipinski definition) is 4. The highest BCUT2D eigenvalue weighted by Crippen LogP contribution is 2.35. The van der Waals surface area contributed by atoms with Crippen molar-refractivity contribution in [3.05, 3.63) is 58.6 Å². The molecule has 2 aromatic rings. The molecule has 0 fully saturated rings. The Hall–Kier alpha value is -3.01. The van der Waals surface area contributed by atoms with Gasteiger partial charge in [-0.05, 0) is 31.7 Å². The number of nitrogens with one attached hydrogen (secondary N) is 2. The molecule has 0 saturated carbocycles. The van der Waals surface area contributed by atoms with Crippen LogP contribution in [0.1, 0.15) is 56.0 Å². The molecule has 1 heterocycles. The van der Waals surface area contributed by atoms with Gasteiger partial charge in [-0.25, -0.2) is 9.89 Å². The fourth-order valence-electron chi connectivity index (χ4n) is 4.45. The quantitative estimate of drug-likeness (QED) is 0.366. The minimum Gasteiger partial charge on any atom is -0.595 e. The molecule has 0 radical (unpaired) electrons. The van der Waals surface area contributed by atoms with Crippen molar-refractivity contribution in [2.45, 2.75) is 58.9 Å². The summed E-state index contributed by atoms with van der Waals surface area (Å²) >= 11 is 0. The van der Waals surface area contributed by atoms with Crippen LogP contribution in [-0.2, 0) is 9.59 Å². The minimum atomic E-state index is -1.01. The molecule has 4 N–H and O–H groups in total. The molecule has 32 heavy (non-hydrogen) atoms. The second-order valence-electron chi connectivity index (χ2n) is 9.13. The number of carboxylic acids is 1. The van der Waals surface area contributed by atoms with E-state index >= 15 is 0 Å². The van der Waals surface area contributed by atoms with Gasteiger partial charge in [0.15, 0.2) is 5.69 Å². The van der Waals surface area contributed by atoms with Crippen LogP contribution in [0.25, 0.3) is 5.69 Å². The van der Waals surface area contributed by atoms with Crippen LogP contribution in [0.15, 0.2) is 36.4 Å². The molecule has 1 amide bonds. The zero-order chi connectivity index (χ0) is 23.6. The van der Waals surface area contributed by atoms with Crippen molar-refractivity contribution in [3.8, 4) is 5.69 Å². The molecule has 1 aliphatic carbocycles. The van der Waals surface area contributed by atoms with Gasteiger partial charge in [0.1, 0.15) is 5.69 Å². The highest BCUT2D eigenvalue weighted by Gasteiger charge is 2.30. The van der Waals surface area contributed by atoms with E-state index in [4.69, 9.17) is 5.11 Å². The number of amides is 1. The lowest BCUT2D eigenvalue weighted by atomic mass is 9.85. The fourth-order valence-corrected chi connectivity index (χ4v) is 4.45. The maximum atomic E-state index is 12.5. The monoisotopic (exact) mass is 442 g/mol. The lowest BCUT2D eigenvalue weighted by molar-refractivity contribution is -0.991. The van der Waals surface area contributed by atoms with Crippen LogP contribution in [0.2, 0.25) is 0 Å². The number of aliphatic carboxylic acids is 1. The van der Waals surface area contributed by atoms with E-state index in [2.05, 4.69) is 10.4 Å². The summed E-state index contributed by atoms with van der Waals surface area (Å²) in [7, 11) is 0. The average molecular weight is 443 g/mol. The Morgan fingerprint density at radius 2 is 1.94 bits per heavy atom. The van der Waals surface area contributed by atoms with E-state index in [0.717, 1.165) is 17.0 Å². The molecule has 0 spiro atoms. The number of quaternary nitrogens is 1. The van der Waals surface area contributed by atoms with Crippen LogP contribution in [0, 0.1) is 24.5 Å². The standard InChI is InChI=1S/C23H30N4O5/c1-14-22(15(2)26(25-14)18-7-5-6-8-19(18)27(31)32)16-9-10-17(11-16)24-20(28)12-23(3,4)13-21(29)30/h5-10,16-17,27,31H,11-13H2,1-4H3,(H,24,28)(H,29,30)/t16-,17-/m1/s1. The third-order valence-corrected chi connectivity index (χ3v) is 5.78. The highest BCUT2D eigenvalue weighted by atomic mass is 16.8. The van der Waals surface area contributed by atoms with Crippen molar-refractivity contribution in [2.24, 2.45) is 5.41 Å². The minimum absolute atomic E-state index is 0.0399. The van der Waals surface area contributed by atoms with Gasteiger partial charge in [-0.15, -0.1) is 0 Å². The van der Waals surface area contributed by atoms with Gasteiger partial charge in [-0.1, -0.05) is 38.1 Å². The third-order valence-electron chi connectivity index (χ3n) is 5.78. The number of rotatable bonds is 8. The Balaban J connectivity index is 1.73. The topological polar surface area (TPSA) is 132 Å². The number of aromatic nitrogens is 2. The van der Waals surface area contributed by atoms with E-state index in [-0.39, 0.29) is 36.4 Å². The smallest absolute Gasteiger partial charge is 0.303 e. The van der Waals surface area contributed by atoms with Crippen molar-refractivity contribution in [3.63, 3.8) is 0 Å². The van der Waals surface area contributed by atoms with Crippen molar-refractivity contribution < 1.29 is 25.1 Å². The first kappa shape index (κ1) is 23.6. The number of para-hydroxylation sites is 2. The normalized spacial score (nSPS) is 19.2. The summed E-state index contributed by atoms with van der Waals surface area (Å²) in [4.78, 5) is 23.4. The number of carboxylic acid groups (broad SMARTS) is 1. The second kappa shape index (κ2) is 9.23. The SMILES string of the molecule is Cc1nn(-c2ccccc2[NH+]([O-])O)c(C)c1[C@@H]1C=C[C@@H](NC(=O)CC(C)(C)CC(=O)O)C1. The maximum Gasteiger partial charge on any atom is 0.303 e. The first-order valence-electron chi connectivity index (χ1n) is 10.6. The summed E-state index contributed by atoms with van der Waals surface area (Å²) in [6.45, 7) is 7.35. The van der Waals surface area contributed by atoms with Crippen molar-refractivity contribution in [2.75, 3.05) is 0 Å². The highest BCUT2D eigenvalue weighted by molar-refractivity contribution is 5.78. The van der Waals surface area contributed by atoms with Crippen LogP contribution >= 0.6 is 0 Å². The van der Waals surface area contributed by atoms with Gasteiger partial charge >= 0.3 is 5.97 Å². The number of carbonyl (C=O) groups is 2. The van der Waals surface area contributed by atoms with Gasteiger partial charge in [-0.3, -0.25) is 9.59 Å². The molecule has 9 nitrogen and oxygen atoms in total. The Bertz CT molecular complexity index is 1040. The Kier molecular flexibility index (Phi) is 6.82. The summed E-state index contributed by atoms with van der Waals surface area (Å²) in [5, 5.41) is 36.8. The van der Waals surface area contributed by atoms with Gasteiger partial charge < -0.3 is 15.6 Å². The van der Waals surface area contributed by atoms with Crippen molar-refractivity contribution >= 4 is 17.6 Å². The van der Waals surface area contributed by atoms with Gasteiger partial charge in [-0.2, -0.15) is 10.3 Å². The molecule has 1 aliphatic rings. The lowest BCUT2D eigenvalue weighted by Gasteiger charge is -2.23. The van der Waals surface area contributed by atoms with Gasteiger partial charge in [0, 0.05) is 35.7 Å². The molecule has 9 heteroatoms. The van der Waals surface area contributed by atoms with Gasteiger partial charge in [0.25, 0.3) is 0 Å². The van der Waals surface area contributed by atoms with Crippen LogP contribution in [0.4, 0.5) is 5.69 Å². The largest absolute Gasteiger partial charge is 0.595 e. The zero-order valence-corrected chi connectivity index (χ0v) is 18.8. The summed E-state index contributed by atoms with van der Waals surface area (Å²) in [5.74, 6) is -1.06. The predicted molar refractivity (Wildman–Crippen MR) is 118 cm³/mol. The van der Waals surface area contributed by atoms with E-state index < -0.39 is 16.6 Å². The van der Waals surface area contributed by atoms with E-state index in [0.29, 0.717) is 12.1 Å². The number of nitrogens with zero attached hydrogens (tertiary/aromatic N) is 2. The van der Waals surface area contributed by atoms with Crippen LogP contribution in [0.3, 0.4) is 0 Å². The van der Waals surface area contributed by atoms with E-state index in [9.17, 15) is 20.0 Å². The second-order valence-corrected chi connectivity index (χ2v) is 9.13. The molecule has 3 atom stereocenters. The number of carbonyl (C=O) groups excluding carboxylic acids is 1.